The van der Waals surface area contributed by atoms with Crippen LogP contribution in [0.15, 0.2) is 36.4 Å². The summed E-state index contributed by atoms with van der Waals surface area (Å²) in [6.07, 6.45) is 9.66. The second-order valence-electron chi connectivity index (χ2n) is 8.20. The fraction of sp³-hybridized carbons (Fsp3) is 0.667. The van der Waals surface area contributed by atoms with Crippen LogP contribution < -0.4 is 4.74 Å². The molecule has 1 rings (SSSR count). The minimum atomic E-state index is 0.604. The molecule has 0 heterocycles. The van der Waals surface area contributed by atoms with E-state index < -0.39 is 0 Å². The quantitative estimate of drug-likeness (QED) is 0.356. The predicted octanol–water partition coefficient (Wildman–Crippen LogP) is 6.89. The molecule has 0 amide bonds. The van der Waals surface area contributed by atoms with Gasteiger partial charge in [-0.3, -0.25) is 0 Å². The van der Waals surface area contributed by atoms with E-state index in [2.05, 4.69) is 58.9 Å². The van der Waals surface area contributed by atoms with Crippen LogP contribution in [-0.4, -0.2) is 13.7 Å². The first-order valence-corrected chi connectivity index (χ1v) is 10.3. The van der Waals surface area contributed by atoms with Gasteiger partial charge in [-0.1, -0.05) is 58.9 Å². The van der Waals surface area contributed by atoms with Gasteiger partial charge in [-0.25, -0.2) is 0 Å². The molecular weight excluding hydrogens is 320 g/mol. The third-order valence-corrected chi connectivity index (χ3v) is 4.91. The number of hydrogen-bond donors (Lipinski definition) is 0. The lowest BCUT2D eigenvalue weighted by molar-refractivity contribution is 0.0832. The molecule has 0 spiro atoms. The molecule has 2 heteroatoms. The van der Waals surface area contributed by atoms with Gasteiger partial charge in [0, 0.05) is 6.61 Å². The van der Waals surface area contributed by atoms with Gasteiger partial charge in [0.25, 0.3) is 0 Å². The van der Waals surface area contributed by atoms with E-state index in [9.17, 15) is 0 Å². The average Bonchev–Trinajstić information content (AvgIpc) is 2.60. The summed E-state index contributed by atoms with van der Waals surface area (Å²) in [4.78, 5) is 0. The minimum Gasteiger partial charge on any atom is -0.497 e. The van der Waals surface area contributed by atoms with E-state index in [-0.39, 0.29) is 0 Å². The van der Waals surface area contributed by atoms with Crippen molar-refractivity contribution in [3.05, 3.63) is 42.0 Å². The molecule has 26 heavy (non-hydrogen) atoms. The maximum absolute atomic E-state index is 5.92. The van der Waals surface area contributed by atoms with Crippen molar-refractivity contribution in [2.75, 3.05) is 13.7 Å². The Morgan fingerprint density at radius 2 is 1.50 bits per heavy atom. The standard InChI is InChI=1S/C24H40O2/c1-7-8-9-19(2)14-20(3)15-21(4)16-22(5)17-26-18-23-10-12-24(25-6)13-11-23/h8-13,19-22H,7,14-18H2,1-6H3/b9-8+/t19-,20+,21+,22+/m1/s1. The summed E-state index contributed by atoms with van der Waals surface area (Å²) in [5.41, 5.74) is 1.20. The summed E-state index contributed by atoms with van der Waals surface area (Å²) in [5, 5.41) is 0. The van der Waals surface area contributed by atoms with Gasteiger partial charge in [-0.15, -0.1) is 0 Å². The Labute approximate surface area is 162 Å². The topological polar surface area (TPSA) is 18.5 Å². The average molecular weight is 361 g/mol. The monoisotopic (exact) mass is 360 g/mol. The summed E-state index contributed by atoms with van der Waals surface area (Å²) in [6.45, 7) is 13.2. The Kier molecular flexibility index (Phi) is 11.4. The summed E-state index contributed by atoms with van der Waals surface area (Å²) in [5.74, 6) is 3.74. The molecular formula is C24H40O2. The Morgan fingerprint density at radius 3 is 2.12 bits per heavy atom. The van der Waals surface area contributed by atoms with Crippen LogP contribution in [0.1, 0.15) is 65.9 Å². The number of hydrogen-bond acceptors (Lipinski definition) is 2. The molecule has 0 saturated carbocycles. The van der Waals surface area contributed by atoms with Crippen LogP contribution in [0.25, 0.3) is 0 Å². The lowest BCUT2D eigenvalue weighted by atomic mass is 9.85. The van der Waals surface area contributed by atoms with Crippen molar-refractivity contribution in [1.29, 1.82) is 0 Å². The highest BCUT2D eigenvalue weighted by Gasteiger charge is 2.14. The third-order valence-electron chi connectivity index (χ3n) is 4.91. The molecule has 1 aromatic rings. The second-order valence-corrected chi connectivity index (χ2v) is 8.20. The molecule has 0 bridgehead atoms. The largest absolute Gasteiger partial charge is 0.497 e. The number of rotatable bonds is 13. The van der Waals surface area contributed by atoms with Gasteiger partial charge in [0.05, 0.1) is 13.7 Å². The fourth-order valence-electron chi connectivity index (χ4n) is 3.82. The molecule has 4 atom stereocenters. The Morgan fingerprint density at radius 1 is 0.885 bits per heavy atom. The fourth-order valence-corrected chi connectivity index (χ4v) is 3.82. The van der Waals surface area contributed by atoms with Crippen LogP contribution in [-0.2, 0) is 11.3 Å². The van der Waals surface area contributed by atoms with Gasteiger partial charge in [0.15, 0.2) is 0 Å². The predicted molar refractivity (Wildman–Crippen MR) is 113 cm³/mol. The molecule has 0 fully saturated rings. The van der Waals surface area contributed by atoms with E-state index in [1.165, 1.54) is 24.8 Å². The van der Waals surface area contributed by atoms with E-state index in [4.69, 9.17) is 9.47 Å². The van der Waals surface area contributed by atoms with Gasteiger partial charge in [-0.05, 0) is 67.1 Å². The number of ether oxygens (including phenoxy) is 2. The molecule has 0 N–H and O–H groups in total. The van der Waals surface area contributed by atoms with Gasteiger partial charge in [0.2, 0.25) is 0 Å². The maximum Gasteiger partial charge on any atom is 0.118 e. The van der Waals surface area contributed by atoms with Gasteiger partial charge in [0.1, 0.15) is 5.75 Å². The van der Waals surface area contributed by atoms with Crippen molar-refractivity contribution in [3.63, 3.8) is 0 Å². The van der Waals surface area contributed by atoms with Crippen LogP contribution in [0, 0.1) is 23.7 Å². The highest BCUT2D eigenvalue weighted by Crippen LogP contribution is 2.25. The summed E-state index contributed by atoms with van der Waals surface area (Å²) in [7, 11) is 1.69. The Hall–Kier alpha value is -1.28. The normalized spacial score (nSPS) is 16.4. The highest BCUT2D eigenvalue weighted by atomic mass is 16.5. The summed E-state index contributed by atoms with van der Waals surface area (Å²) in [6, 6.07) is 8.12. The zero-order valence-electron chi connectivity index (χ0n) is 17.8. The number of allylic oxidation sites excluding steroid dienone is 2. The van der Waals surface area contributed by atoms with Crippen molar-refractivity contribution >= 4 is 0 Å². The molecule has 0 aliphatic carbocycles. The van der Waals surface area contributed by atoms with Crippen molar-refractivity contribution in [2.45, 2.75) is 66.9 Å². The van der Waals surface area contributed by atoms with Gasteiger partial charge >= 0.3 is 0 Å². The first kappa shape index (κ1) is 22.8. The summed E-state index contributed by atoms with van der Waals surface area (Å²) >= 11 is 0. The molecule has 0 radical (unpaired) electrons. The Bertz CT molecular complexity index is 491. The van der Waals surface area contributed by atoms with Gasteiger partial charge in [-0.2, -0.15) is 0 Å². The van der Waals surface area contributed by atoms with E-state index in [1.807, 2.05) is 12.1 Å². The van der Waals surface area contributed by atoms with E-state index >= 15 is 0 Å². The molecule has 0 aliphatic heterocycles. The number of methoxy groups -OCH3 is 1. The molecule has 2 nitrogen and oxygen atoms in total. The Balaban J connectivity index is 2.22. The molecule has 0 aromatic heterocycles. The SMILES string of the molecule is CC/C=C/[C@@H](C)C[C@H](C)C[C@H](C)C[C@H](C)COCc1ccc(OC)cc1. The molecule has 148 valence electrons. The smallest absolute Gasteiger partial charge is 0.118 e. The lowest BCUT2D eigenvalue weighted by Gasteiger charge is -2.22. The van der Waals surface area contributed by atoms with Crippen molar-refractivity contribution in [1.82, 2.24) is 0 Å². The van der Waals surface area contributed by atoms with E-state index in [1.54, 1.807) is 7.11 Å². The van der Waals surface area contributed by atoms with Crippen LogP contribution in [0.2, 0.25) is 0 Å². The van der Waals surface area contributed by atoms with Crippen molar-refractivity contribution < 1.29 is 9.47 Å². The van der Waals surface area contributed by atoms with E-state index in [0.29, 0.717) is 18.4 Å². The van der Waals surface area contributed by atoms with Crippen LogP contribution >= 0.6 is 0 Å². The first-order valence-electron chi connectivity index (χ1n) is 10.3. The van der Waals surface area contributed by atoms with Crippen molar-refractivity contribution in [3.8, 4) is 5.75 Å². The molecule has 0 unspecified atom stereocenters. The maximum atomic E-state index is 5.92. The second kappa shape index (κ2) is 13.0. The van der Waals surface area contributed by atoms with Crippen LogP contribution in [0.3, 0.4) is 0 Å². The third kappa shape index (κ3) is 10.0. The van der Waals surface area contributed by atoms with Gasteiger partial charge < -0.3 is 9.47 Å². The zero-order chi connectivity index (χ0) is 19.4. The molecule has 0 aliphatic rings. The number of benzene rings is 1. The highest BCUT2D eigenvalue weighted by molar-refractivity contribution is 5.26. The van der Waals surface area contributed by atoms with Crippen LogP contribution in [0.4, 0.5) is 0 Å². The van der Waals surface area contributed by atoms with Crippen molar-refractivity contribution in [2.24, 2.45) is 23.7 Å². The molecule has 0 saturated heterocycles. The van der Waals surface area contributed by atoms with Crippen LogP contribution in [0.5, 0.6) is 5.75 Å². The lowest BCUT2D eigenvalue weighted by Crippen LogP contribution is -2.13. The summed E-state index contributed by atoms with van der Waals surface area (Å²) < 4.78 is 11.1. The van der Waals surface area contributed by atoms with E-state index in [0.717, 1.165) is 30.6 Å². The zero-order valence-corrected chi connectivity index (χ0v) is 17.8. The first-order chi connectivity index (χ1) is 12.4. The molecule has 1 aromatic carbocycles. The minimum absolute atomic E-state index is 0.604.